The Morgan fingerprint density at radius 2 is 0.683 bits per heavy atom. The average molecular weight is 1990 g/mol. The fourth-order valence-electron chi connectivity index (χ4n) is 11.9. The van der Waals surface area contributed by atoms with Crippen molar-refractivity contribution >= 4 is 90.1 Å². The van der Waals surface area contributed by atoms with Gasteiger partial charge in [0.25, 0.3) is 0 Å². The highest BCUT2D eigenvalue weighted by molar-refractivity contribution is 6.03. The second kappa shape index (κ2) is 60.5. The number of aliphatic imine (C=N–C) groups is 3. The minimum absolute atomic E-state index is 0.0172. The van der Waals surface area contributed by atoms with Crippen LogP contribution in [0.15, 0.2) is 80.8 Å². The van der Waals surface area contributed by atoms with Crippen LogP contribution < -0.4 is 31.9 Å². The number of Topliss-reactive ketones (excluding diaryl/α,β-unsaturated/α-hetero) is 1. The van der Waals surface area contributed by atoms with Crippen molar-refractivity contribution in [1.29, 1.82) is 0 Å². The summed E-state index contributed by atoms with van der Waals surface area (Å²) in [6.45, 7) is 32.8. The maximum absolute atomic E-state index is 12.7. The molecule has 786 valence electrons. The Bertz CT molecular complexity index is 4230. The number of carboxylic acid groups (broad SMARTS) is 1. The minimum Gasteiger partial charge on any atom is -0.480 e. The molecule has 3 aliphatic heterocycles. The van der Waals surface area contributed by atoms with Gasteiger partial charge in [0.05, 0.1) is 98.9 Å². The number of amides is 6. The second-order valence-corrected chi connectivity index (χ2v) is 36.9. The fourth-order valence-corrected chi connectivity index (χ4v) is 11.9. The van der Waals surface area contributed by atoms with E-state index in [1.54, 1.807) is 170 Å². The first-order valence-electron chi connectivity index (χ1n) is 44.2. The number of hydrogen-bond acceptors (Lipinski definition) is 41. The molecular formula is C91H143N9O39. The van der Waals surface area contributed by atoms with Crippen LogP contribution in [0.5, 0.6) is 0 Å². The lowest BCUT2D eigenvalue weighted by Crippen LogP contribution is -2.52. The van der Waals surface area contributed by atoms with Crippen molar-refractivity contribution in [2.45, 2.75) is 272 Å². The van der Waals surface area contributed by atoms with Crippen LogP contribution in [-0.4, -0.2) is 346 Å². The van der Waals surface area contributed by atoms with Crippen LogP contribution in [0.3, 0.4) is 0 Å². The highest BCUT2D eigenvalue weighted by Crippen LogP contribution is 2.35. The molecule has 3 aliphatic rings. The summed E-state index contributed by atoms with van der Waals surface area (Å²) in [4.78, 5) is 163. The number of carbonyl (C=O) groups excluding carboxylic acids is 11. The minimum atomic E-state index is -1.60. The molecule has 0 unspecified atom stereocenters. The Labute approximate surface area is 808 Å². The third-order valence-corrected chi connectivity index (χ3v) is 17.8. The van der Waals surface area contributed by atoms with E-state index in [9.17, 15) is 88.2 Å². The predicted octanol–water partition coefficient (Wildman–Crippen LogP) is 4.65. The Morgan fingerprint density at radius 1 is 0.410 bits per heavy atom. The van der Waals surface area contributed by atoms with Crippen molar-refractivity contribution in [3.05, 3.63) is 71.4 Å². The lowest BCUT2D eigenvalue weighted by molar-refractivity contribution is -0.172. The Balaban J connectivity index is 0.000000714. The molecule has 0 aliphatic carbocycles. The zero-order chi connectivity index (χ0) is 106. The first-order valence-corrected chi connectivity index (χ1v) is 44.2. The molecule has 48 nitrogen and oxygen atoms in total. The molecule has 0 radical (unpaired) electrons. The number of rotatable bonds is 40. The van der Waals surface area contributed by atoms with Gasteiger partial charge in [-0.1, -0.05) is 57.0 Å². The molecule has 1 aromatic carbocycles. The quantitative estimate of drug-likeness (QED) is 0.0106. The number of aliphatic carboxylic acids is 1. The number of nitrogens with zero attached hydrogens (tertiary/aromatic N) is 3. The number of aliphatic hydroxyl groups excluding tert-OH is 6. The number of methoxy groups -OCH3 is 3. The van der Waals surface area contributed by atoms with Gasteiger partial charge in [0.15, 0.2) is 5.78 Å². The summed E-state index contributed by atoms with van der Waals surface area (Å²) in [6.07, 6.45) is -8.77. The van der Waals surface area contributed by atoms with Gasteiger partial charge in [0, 0.05) is 30.8 Å². The van der Waals surface area contributed by atoms with Crippen molar-refractivity contribution in [2.75, 3.05) is 114 Å². The van der Waals surface area contributed by atoms with Crippen LogP contribution in [0.25, 0.3) is 0 Å². The topological polar surface area (TPSA) is 640 Å². The molecular weight excluding hydrogens is 1840 g/mol. The van der Waals surface area contributed by atoms with Gasteiger partial charge in [-0.3, -0.25) is 36.7 Å². The van der Waals surface area contributed by atoms with Gasteiger partial charge in [-0.15, -0.1) is 6.42 Å². The summed E-state index contributed by atoms with van der Waals surface area (Å²) >= 11 is 0. The summed E-state index contributed by atoms with van der Waals surface area (Å²) in [7, 11) is 3.34. The van der Waals surface area contributed by atoms with Crippen LogP contribution in [0, 0.1) is 30.1 Å². The number of benzene rings is 1. The summed E-state index contributed by atoms with van der Waals surface area (Å²) in [5.74, 6) is -7.29. The lowest BCUT2D eigenvalue weighted by atomic mass is 9.87. The molecule has 13 N–H and O–H groups in total. The Morgan fingerprint density at radius 3 is 0.950 bits per heavy atom. The number of alkyl carbamates (subject to hydrolysis) is 6. The number of guanidine groups is 3. The van der Waals surface area contributed by atoms with Gasteiger partial charge >= 0.3 is 66.4 Å². The number of carboxylic acids is 1. The number of esters is 4. The second-order valence-electron chi connectivity index (χ2n) is 36.9. The number of ether oxygens (including phenoxy) is 20. The first-order chi connectivity index (χ1) is 64.7. The first kappa shape index (κ1) is 124. The third kappa shape index (κ3) is 51.9. The molecule has 6 amide bonds. The van der Waals surface area contributed by atoms with E-state index in [-0.39, 0.29) is 61.2 Å². The maximum atomic E-state index is 12.7. The number of hydrogen-bond donors (Lipinski definition) is 13. The number of carbonyl (C=O) groups is 12. The van der Waals surface area contributed by atoms with Crippen LogP contribution >= 0.6 is 0 Å². The van der Waals surface area contributed by atoms with E-state index in [1.807, 2.05) is 6.07 Å². The van der Waals surface area contributed by atoms with Crippen molar-refractivity contribution in [3.63, 3.8) is 0 Å². The smallest absolute Gasteiger partial charge is 0.414 e. The molecule has 0 saturated carbocycles. The number of nitrogens with one attached hydrogen (secondary N) is 6. The molecule has 0 bridgehead atoms. The van der Waals surface area contributed by atoms with E-state index >= 15 is 0 Å². The SMILES string of the molecule is C#CCOCCOCCOCCOCCCC(=O)CO[C@@H]([C@@H]1OC(C(=O)OC)=C[C@H](N=C(NC(=O)OC(C)(C)C)NC(=O)OC(C)(C)C)[C@H]1C)[C@H](O)CO.COC(=O)C1=C[C@H](N=C(NC(=O)OC(C)(C)C)NC(=O)OC(C)(C)C)[C@@H](C)[C@H]([C@H](OCC(=O)O)[C@H](O)CO)O1.COC(=O)C1=C[C@H](N=C(NC(=O)OC(C)(C)C)NC(=O)OC(C)(C)C)[C@@H](C)[C@H]([C@H](OCC(=O)OCc2ccccc2)[C@H](O)CO)O1. The molecule has 0 spiro atoms. The summed E-state index contributed by atoms with van der Waals surface area (Å²) in [5, 5.41) is 84.2. The van der Waals surface area contributed by atoms with Crippen LogP contribution in [-0.2, 0) is 130 Å². The molecule has 15 atom stereocenters. The summed E-state index contributed by atoms with van der Waals surface area (Å²) < 4.78 is 107. The van der Waals surface area contributed by atoms with Gasteiger partial charge in [0.1, 0.15) is 122 Å². The van der Waals surface area contributed by atoms with Crippen LogP contribution in [0.1, 0.15) is 164 Å². The van der Waals surface area contributed by atoms with E-state index in [0.717, 1.165) is 26.9 Å². The van der Waals surface area contributed by atoms with E-state index in [4.69, 9.17) is 106 Å². The van der Waals surface area contributed by atoms with Crippen molar-refractivity contribution in [2.24, 2.45) is 32.7 Å². The van der Waals surface area contributed by atoms with E-state index in [0.29, 0.717) is 46.1 Å². The standard InChI is InChI=1S/C36H59N3O15.C31H45N3O12.C24H39N3O12/c1-10-13-47-15-17-49-19-20-50-18-16-48-14-11-12-25(41)23-51-30(27(42)22-40)29-24(2)26(21-28(52-29)31(43)46-9)37-32(38-33(44)53-35(3,4)5)39-34(45)54-36(6,7)8;1-18-20(32-27(33-28(39)45-30(2,3)4)34-29(40)46-31(5,6)7)14-22(26(38)41-8)44-24(18)25(21(36)15-35)43-17-23(37)42-16-19-12-10-9-11-13-19;1-12-13(25-20(26-21(33)38-23(2,3)4)27-22(34)39-24(5,6)7)9-15(19(32)35-8)37-17(12)18(14(29)10-28)36-11-16(30)31/h1,21,24,26-27,29-30,40,42H,11-20,22-23H2,2-9H3,(H2,37,38,39,44,45);9-14,18,20-21,24-25,35-36H,15-17H2,1-8H3,(H2,32,33,34,39,40);9,12-14,17-18,28-29H,10-11H2,1-8H3,(H,30,31)(H2,25,26,27,33,34)/t24-,26+,27-,29-,30-;18-,20+,21-,24-,25-;12-,13+,14-,17-,18-/m111/s1. The molecule has 139 heavy (non-hydrogen) atoms. The zero-order valence-corrected chi connectivity index (χ0v) is 83.4. The van der Waals surface area contributed by atoms with Gasteiger partial charge in [-0.2, -0.15) is 0 Å². The van der Waals surface area contributed by atoms with E-state index < -0.39 is 236 Å². The van der Waals surface area contributed by atoms with Crippen molar-refractivity contribution < 1.29 is 188 Å². The van der Waals surface area contributed by atoms with Crippen LogP contribution in [0.4, 0.5) is 28.8 Å². The Hall–Kier alpha value is -11.5. The lowest BCUT2D eigenvalue weighted by Gasteiger charge is -2.39. The molecule has 0 saturated heterocycles. The third-order valence-electron chi connectivity index (χ3n) is 17.8. The highest BCUT2D eigenvalue weighted by atomic mass is 16.6. The fraction of sp³-hybridized carbons (Fsp3) is 0.681. The van der Waals surface area contributed by atoms with E-state index in [1.165, 1.54) is 18.2 Å². The average Bonchev–Trinajstić information content (AvgIpc) is 0.802. The number of ketones is 1. The van der Waals surface area contributed by atoms with E-state index in [2.05, 4.69) is 52.8 Å². The van der Waals surface area contributed by atoms with Gasteiger partial charge in [0.2, 0.25) is 35.2 Å². The summed E-state index contributed by atoms with van der Waals surface area (Å²) in [5.41, 5.74) is -4.58. The van der Waals surface area contributed by atoms with Crippen molar-refractivity contribution in [1.82, 2.24) is 31.9 Å². The number of aliphatic hydroxyl groups is 6. The molecule has 3 heterocycles. The zero-order valence-electron chi connectivity index (χ0n) is 83.4. The predicted molar refractivity (Wildman–Crippen MR) is 491 cm³/mol. The molecule has 48 heteroatoms. The van der Waals surface area contributed by atoms with Crippen LogP contribution in [0.2, 0.25) is 0 Å². The number of terminal acetylenes is 1. The maximum Gasteiger partial charge on any atom is 0.414 e. The largest absolute Gasteiger partial charge is 0.480 e. The monoisotopic (exact) mass is 1990 g/mol. The normalized spacial score (nSPS) is 19.3. The summed E-state index contributed by atoms with van der Waals surface area (Å²) in [6, 6.07) is 5.84. The molecule has 0 aromatic heterocycles. The van der Waals surface area contributed by atoms with Gasteiger partial charge in [-0.25, -0.2) is 67.7 Å². The molecule has 0 fully saturated rings. The molecule has 1 aromatic rings. The Kier molecular flexibility index (Phi) is 53.8. The van der Waals surface area contributed by atoms with Crippen molar-refractivity contribution in [3.8, 4) is 12.3 Å². The highest BCUT2D eigenvalue weighted by Gasteiger charge is 2.47. The molecule has 4 rings (SSSR count). The van der Waals surface area contributed by atoms with Gasteiger partial charge in [-0.05, 0) is 155 Å². The van der Waals surface area contributed by atoms with Gasteiger partial charge < -0.3 is 130 Å².